The largest absolute Gasteiger partial charge is 0.469 e. The molecule has 4 heteroatoms. The van der Waals surface area contributed by atoms with Gasteiger partial charge in [0.15, 0.2) is 8.32 Å². The van der Waals surface area contributed by atoms with Crippen molar-refractivity contribution < 1.29 is 14.0 Å². The van der Waals surface area contributed by atoms with Gasteiger partial charge < -0.3 is 9.16 Å². The van der Waals surface area contributed by atoms with Gasteiger partial charge in [0, 0.05) is 5.41 Å². The van der Waals surface area contributed by atoms with Crippen LogP contribution in [0.3, 0.4) is 0 Å². The van der Waals surface area contributed by atoms with Gasteiger partial charge in [0.25, 0.3) is 0 Å². The zero-order valence-corrected chi connectivity index (χ0v) is 32.7. The van der Waals surface area contributed by atoms with Crippen LogP contribution in [0, 0.1) is 12.3 Å². The molecule has 2 aromatic rings. The highest BCUT2D eigenvalue weighted by Gasteiger charge is 2.41. The summed E-state index contributed by atoms with van der Waals surface area (Å²) >= 11 is 0. The van der Waals surface area contributed by atoms with Gasteiger partial charge >= 0.3 is 5.97 Å². The van der Waals surface area contributed by atoms with Gasteiger partial charge in [0.05, 0.1) is 19.6 Å². The van der Waals surface area contributed by atoms with Gasteiger partial charge in [-0.3, -0.25) is 4.79 Å². The summed E-state index contributed by atoms with van der Waals surface area (Å²) in [5, 5.41) is 0.190. The second-order valence-electron chi connectivity index (χ2n) is 15.7. The third kappa shape index (κ3) is 9.67. The minimum Gasteiger partial charge on any atom is -0.469 e. The number of rotatable bonds is 14. The van der Waals surface area contributed by atoms with Crippen molar-refractivity contribution in [3.05, 3.63) is 100 Å². The van der Waals surface area contributed by atoms with E-state index in [0.29, 0.717) is 0 Å². The van der Waals surface area contributed by atoms with Crippen LogP contribution in [0.25, 0.3) is 5.57 Å². The molecule has 0 heterocycles. The maximum Gasteiger partial charge on any atom is 0.309 e. The lowest BCUT2D eigenvalue weighted by molar-refractivity contribution is -0.139. The van der Waals surface area contributed by atoms with Gasteiger partial charge in [-0.15, -0.1) is 0 Å². The molecule has 0 fully saturated rings. The Kier molecular flexibility index (Phi) is 13.7. The SMILES string of the molecule is C=C(/C(C)=C\C(=C/C)C(CC)(CC)c1ccc(CCC(O[Si](C)(C)C(C)(C)C)C(C)(C)C)c(C)c1)c1cccc(CC(=O)OC)c1. The van der Waals surface area contributed by atoms with Crippen LogP contribution in [0.1, 0.15) is 116 Å². The van der Waals surface area contributed by atoms with E-state index in [1.165, 1.54) is 29.4 Å². The number of methoxy groups -OCH3 is 1. The van der Waals surface area contributed by atoms with E-state index in [1.807, 2.05) is 18.2 Å². The number of carbonyl (C=O) groups excluding carboxylic acids is 1. The molecule has 254 valence electrons. The Hall–Kier alpha value is -2.69. The third-order valence-electron chi connectivity index (χ3n) is 10.6. The summed E-state index contributed by atoms with van der Waals surface area (Å²) in [5.41, 5.74) is 9.46. The van der Waals surface area contributed by atoms with Crippen LogP contribution < -0.4 is 0 Å². The summed E-state index contributed by atoms with van der Waals surface area (Å²) in [6, 6.07) is 15.2. The third-order valence-corrected chi connectivity index (χ3v) is 15.0. The van der Waals surface area contributed by atoms with Gasteiger partial charge in [-0.05, 0) is 115 Å². The Bertz CT molecular complexity index is 1410. The molecule has 3 nitrogen and oxygen atoms in total. The topological polar surface area (TPSA) is 35.5 Å². The second kappa shape index (κ2) is 15.9. The molecule has 0 saturated heterocycles. The highest BCUT2D eigenvalue weighted by atomic mass is 28.4. The van der Waals surface area contributed by atoms with Gasteiger partial charge in [-0.2, -0.15) is 0 Å². The number of carbonyl (C=O) groups is 1. The molecule has 1 unspecified atom stereocenters. The normalized spacial score (nSPS) is 14.3. The lowest BCUT2D eigenvalue weighted by Gasteiger charge is -2.43. The first kappa shape index (κ1) is 39.5. The number of allylic oxidation sites excluding steroid dienone is 5. The summed E-state index contributed by atoms with van der Waals surface area (Å²) in [4.78, 5) is 11.9. The van der Waals surface area contributed by atoms with Crippen molar-refractivity contribution in [3.8, 4) is 0 Å². The van der Waals surface area contributed by atoms with Crippen LogP contribution in [0.2, 0.25) is 18.1 Å². The molecular weight excluding hydrogens is 581 g/mol. The molecule has 0 saturated carbocycles. The number of hydrogen-bond acceptors (Lipinski definition) is 3. The Morgan fingerprint density at radius 3 is 2.13 bits per heavy atom. The molecule has 0 aromatic heterocycles. The van der Waals surface area contributed by atoms with Crippen LogP contribution in [0.5, 0.6) is 0 Å². The maximum absolute atomic E-state index is 11.9. The number of aryl methyl sites for hydroxylation is 2. The first-order valence-electron chi connectivity index (χ1n) is 17.2. The highest BCUT2D eigenvalue weighted by Crippen LogP contribution is 2.43. The summed E-state index contributed by atoms with van der Waals surface area (Å²) in [5.74, 6) is -0.239. The highest BCUT2D eigenvalue weighted by molar-refractivity contribution is 6.74. The monoisotopic (exact) mass is 644 g/mol. The van der Waals surface area contributed by atoms with Crippen molar-refractivity contribution in [2.75, 3.05) is 7.11 Å². The van der Waals surface area contributed by atoms with Crippen molar-refractivity contribution in [1.82, 2.24) is 0 Å². The van der Waals surface area contributed by atoms with Crippen molar-refractivity contribution in [2.24, 2.45) is 5.41 Å². The summed E-state index contributed by atoms with van der Waals surface area (Å²) in [7, 11) is -0.457. The van der Waals surface area contributed by atoms with Crippen LogP contribution in [0.15, 0.2) is 72.3 Å². The molecule has 0 amide bonds. The van der Waals surface area contributed by atoms with Gasteiger partial charge in [0.2, 0.25) is 0 Å². The van der Waals surface area contributed by atoms with Crippen molar-refractivity contribution in [2.45, 2.75) is 138 Å². The average molecular weight is 645 g/mol. The lowest BCUT2D eigenvalue weighted by Crippen LogP contribution is -2.47. The summed E-state index contributed by atoms with van der Waals surface area (Å²) in [6.07, 6.45) is 9.09. The summed E-state index contributed by atoms with van der Waals surface area (Å²) in [6.45, 7) is 34.3. The van der Waals surface area contributed by atoms with Crippen molar-refractivity contribution in [1.29, 1.82) is 0 Å². The first-order valence-corrected chi connectivity index (χ1v) is 20.1. The predicted molar refractivity (Wildman–Crippen MR) is 202 cm³/mol. The van der Waals surface area contributed by atoms with E-state index in [4.69, 9.17) is 9.16 Å². The van der Waals surface area contributed by atoms with Crippen LogP contribution in [-0.4, -0.2) is 27.5 Å². The number of hydrogen-bond donors (Lipinski definition) is 0. The Morgan fingerprint density at radius 2 is 1.63 bits per heavy atom. The molecule has 0 aliphatic heterocycles. The first-order chi connectivity index (χ1) is 21.3. The molecule has 2 rings (SSSR count). The van der Waals surface area contributed by atoms with E-state index in [2.05, 4.69) is 132 Å². The van der Waals surface area contributed by atoms with Crippen LogP contribution in [-0.2, 0) is 32.2 Å². The van der Waals surface area contributed by atoms with E-state index in [0.717, 1.165) is 48.0 Å². The van der Waals surface area contributed by atoms with Crippen LogP contribution >= 0.6 is 0 Å². The standard InChI is InChI=1S/C42H64O3Si/c1-16-36(26-30(4)32(6)35-21-19-20-33(28-35)29-39(43)44-13)42(17-2,18-3)37-24-22-34(31(5)27-37)23-25-38(40(7,8)9)45-46(14,15)41(10,11)12/h16,19-22,24,26-28,38H,6,17-18,23,25,29H2,1-5,7-15H3/b30-26-,36-16+. The molecule has 0 radical (unpaired) electrons. The Balaban J connectivity index is 2.39. The van der Waals surface area contributed by atoms with E-state index in [1.54, 1.807) is 0 Å². The van der Waals surface area contributed by atoms with E-state index >= 15 is 0 Å². The lowest BCUT2D eigenvalue weighted by atomic mass is 9.68. The average Bonchev–Trinajstić information content (AvgIpc) is 2.98. The fraction of sp³-hybridized carbons (Fsp3) is 0.548. The summed E-state index contributed by atoms with van der Waals surface area (Å²) < 4.78 is 11.9. The molecule has 2 aromatic carbocycles. The van der Waals surface area contributed by atoms with Crippen LogP contribution in [0.4, 0.5) is 0 Å². The number of esters is 1. The molecule has 0 N–H and O–H groups in total. The molecule has 0 bridgehead atoms. The predicted octanol–water partition coefficient (Wildman–Crippen LogP) is 11.7. The van der Waals surface area contributed by atoms with Crippen molar-refractivity contribution in [3.63, 3.8) is 0 Å². The fourth-order valence-electron chi connectivity index (χ4n) is 6.15. The van der Waals surface area contributed by atoms with E-state index in [9.17, 15) is 4.79 Å². The minimum atomic E-state index is -1.88. The zero-order chi connectivity index (χ0) is 35.1. The minimum absolute atomic E-state index is 0.0840. The number of ether oxygens (including phenoxy) is 1. The fourth-order valence-corrected chi connectivity index (χ4v) is 7.68. The Morgan fingerprint density at radius 1 is 1.00 bits per heavy atom. The molecule has 0 aliphatic carbocycles. The maximum atomic E-state index is 11.9. The number of benzene rings is 2. The van der Waals surface area contributed by atoms with E-state index < -0.39 is 8.32 Å². The second-order valence-corrected chi connectivity index (χ2v) is 20.5. The quantitative estimate of drug-likeness (QED) is 0.117. The Labute approximate surface area is 283 Å². The van der Waals surface area contributed by atoms with Crippen molar-refractivity contribution >= 4 is 19.9 Å². The van der Waals surface area contributed by atoms with Gasteiger partial charge in [-0.25, -0.2) is 0 Å². The van der Waals surface area contributed by atoms with E-state index in [-0.39, 0.29) is 34.4 Å². The smallest absolute Gasteiger partial charge is 0.309 e. The van der Waals surface area contributed by atoms with Gasteiger partial charge in [-0.1, -0.05) is 117 Å². The van der Waals surface area contributed by atoms with Gasteiger partial charge in [0.1, 0.15) is 0 Å². The molecule has 0 spiro atoms. The molecular formula is C42H64O3Si. The molecule has 1 atom stereocenters. The molecule has 46 heavy (non-hydrogen) atoms. The zero-order valence-electron chi connectivity index (χ0n) is 31.7. The molecule has 0 aliphatic rings.